The molecule has 1 aliphatic heterocycles. The highest BCUT2D eigenvalue weighted by Gasteiger charge is 2.32. The lowest BCUT2D eigenvalue weighted by atomic mass is 10.1. The Bertz CT molecular complexity index is 503. The van der Waals surface area contributed by atoms with Crippen LogP contribution >= 0.6 is 11.3 Å². The molecule has 0 radical (unpaired) electrons. The summed E-state index contributed by atoms with van der Waals surface area (Å²) < 4.78 is 0. The van der Waals surface area contributed by atoms with Crippen LogP contribution in [0, 0.1) is 6.92 Å². The normalized spacial score (nSPS) is 18.3. The minimum atomic E-state index is -0.851. The summed E-state index contributed by atoms with van der Waals surface area (Å²) in [7, 11) is 1.75. The molecule has 1 fully saturated rings. The first-order valence-corrected chi connectivity index (χ1v) is 7.49. The number of amides is 2. The Morgan fingerprint density at radius 3 is 2.95 bits per heavy atom. The summed E-state index contributed by atoms with van der Waals surface area (Å²) in [4.78, 5) is 31.8. The highest BCUT2D eigenvalue weighted by Crippen LogP contribution is 2.23. The van der Waals surface area contributed by atoms with Crippen LogP contribution in [0.3, 0.4) is 0 Å². The molecule has 0 saturated carbocycles. The van der Waals surface area contributed by atoms with Gasteiger partial charge in [0.25, 0.3) is 0 Å². The number of thiazole rings is 1. The molecule has 2 rings (SSSR count). The van der Waals surface area contributed by atoms with E-state index < -0.39 is 5.97 Å². The Morgan fingerprint density at radius 2 is 2.35 bits per heavy atom. The number of aromatic nitrogens is 1. The third-order valence-corrected chi connectivity index (χ3v) is 4.51. The smallest absolute Gasteiger partial charge is 0.320 e. The van der Waals surface area contributed by atoms with Gasteiger partial charge in [0, 0.05) is 24.5 Å². The summed E-state index contributed by atoms with van der Waals surface area (Å²) in [5.41, 5.74) is 2.71. The molecule has 0 spiro atoms. The molecule has 1 unspecified atom stereocenters. The second-order valence-electron chi connectivity index (χ2n) is 5.09. The predicted molar refractivity (Wildman–Crippen MR) is 75.7 cm³/mol. The first-order valence-electron chi connectivity index (χ1n) is 6.61. The molecule has 1 aromatic heterocycles. The molecule has 1 saturated heterocycles. The highest BCUT2D eigenvalue weighted by molar-refractivity contribution is 7.09. The summed E-state index contributed by atoms with van der Waals surface area (Å²) in [5.74, 6) is -0.851. The molecule has 0 bridgehead atoms. The van der Waals surface area contributed by atoms with Crippen LogP contribution < -0.4 is 0 Å². The van der Waals surface area contributed by atoms with Gasteiger partial charge in [-0.1, -0.05) is 0 Å². The van der Waals surface area contributed by atoms with Gasteiger partial charge in [-0.3, -0.25) is 4.79 Å². The SMILES string of the molecule is Cc1ncsc1CN(C)C(=O)N1CCCC1CC(=O)O. The van der Waals surface area contributed by atoms with Crippen molar-refractivity contribution >= 4 is 23.3 Å². The number of likely N-dealkylation sites (tertiary alicyclic amines) is 1. The summed E-state index contributed by atoms with van der Waals surface area (Å²) in [5, 5.41) is 8.90. The first kappa shape index (κ1) is 14.8. The van der Waals surface area contributed by atoms with Gasteiger partial charge in [0.1, 0.15) is 0 Å². The molecule has 1 N–H and O–H groups in total. The molecule has 2 heterocycles. The van der Waals surface area contributed by atoms with Crippen molar-refractivity contribution in [1.29, 1.82) is 0 Å². The summed E-state index contributed by atoms with van der Waals surface area (Å²) in [6, 6.07) is -0.272. The number of carboxylic acids is 1. The van der Waals surface area contributed by atoms with E-state index in [9.17, 15) is 9.59 Å². The average molecular weight is 297 g/mol. The zero-order chi connectivity index (χ0) is 14.7. The van der Waals surface area contributed by atoms with Crippen molar-refractivity contribution in [3.05, 3.63) is 16.1 Å². The fourth-order valence-corrected chi connectivity index (χ4v) is 3.31. The number of nitrogens with zero attached hydrogens (tertiary/aromatic N) is 3. The third kappa shape index (κ3) is 3.27. The van der Waals surface area contributed by atoms with E-state index in [4.69, 9.17) is 5.11 Å². The maximum absolute atomic E-state index is 12.4. The maximum Gasteiger partial charge on any atom is 0.320 e. The molecule has 6 nitrogen and oxygen atoms in total. The van der Waals surface area contributed by atoms with E-state index in [1.807, 2.05) is 6.92 Å². The molecule has 20 heavy (non-hydrogen) atoms. The second kappa shape index (κ2) is 6.21. The van der Waals surface area contributed by atoms with Crippen LogP contribution in [0.1, 0.15) is 29.8 Å². The van der Waals surface area contributed by atoms with Crippen LogP contribution in [-0.2, 0) is 11.3 Å². The lowest BCUT2D eigenvalue weighted by Crippen LogP contribution is -2.44. The number of carboxylic acid groups (broad SMARTS) is 1. The van der Waals surface area contributed by atoms with Gasteiger partial charge < -0.3 is 14.9 Å². The van der Waals surface area contributed by atoms with E-state index in [0.29, 0.717) is 13.1 Å². The van der Waals surface area contributed by atoms with Crippen molar-refractivity contribution in [2.75, 3.05) is 13.6 Å². The molecule has 1 aliphatic rings. The Morgan fingerprint density at radius 1 is 1.60 bits per heavy atom. The van der Waals surface area contributed by atoms with Gasteiger partial charge in [-0.05, 0) is 19.8 Å². The fraction of sp³-hybridized carbons (Fsp3) is 0.615. The molecule has 110 valence electrons. The Balaban J connectivity index is 1.99. The lowest BCUT2D eigenvalue weighted by molar-refractivity contribution is -0.138. The zero-order valence-corrected chi connectivity index (χ0v) is 12.5. The number of aliphatic carboxylic acids is 1. The van der Waals surface area contributed by atoms with Gasteiger partial charge in [-0.2, -0.15) is 0 Å². The average Bonchev–Trinajstić information content (AvgIpc) is 2.98. The minimum Gasteiger partial charge on any atom is -0.481 e. The largest absolute Gasteiger partial charge is 0.481 e. The predicted octanol–water partition coefficient (Wildman–Crippen LogP) is 1.94. The summed E-state index contributed by atoms with van der Waals surface area (Å²) in [6.07, 6.45) is 1.67. The maximum atomic E-state index is 12.4. The highest BCUT2D eigenvalue weighted by atomic mass is 32.1. The molecule has 1 atom stereocenters. The van der Waals surface area contributed by atoms with Crippen LogP contribution in [0.25, 0.3) is 0 Å². The second-order valence-corrected chi connectivity index (χ2v) is 6.03. The van der Waals surface area contributed by atoms with Gasteiger partial charge in [0.15, 0.2) is 0 Å². The van der Waals surface area contributed by atoms with Crippen LogP contribution in [0.5, 0.6) is 0 Å². The van der Waals surface area contributed by atoms with E-state index in [1.54, 1.807) is 22.4 Å². The number of rotatable bonds is 4. The molecule has 7 heteroatoms. The molecule has 2 amide bonds. The van der Waals surface area contributed by atoms with Crippen LogP contribution in [0.15, 0.2) is 5.51 Å². The van der Waals surface area contributed by atoms with Gasteiger partial charge in [0.2, 0.25) is 0 Å². The van der Waals surface area contributed by atoms with Crippen molar-refractivity contribution in [3.8, 4) is 0 Å². The standard InChI is InChI=1S/C13H19N3O3S/c1-9-11(20-8-14-9)7-15(2)13(19)16-5-3-4-10(16)6-12(17)18/h8,10H,3-7H2,1-2H3,(H,17,18). The molecule has 0 aromatic carbocycles. The van der Waals surface area contributed by atoms with Gasteiger partial charge in [-0.25, -0.2) is 9.78 Å². The van der Waals surface area contributed by atoms with Crippen molar-refractivity contribution in [2.24, 2.45) is 0 Å². The van der Waals surface area contributed by atoms with E-state index in [2.05, 4.69) is 4.98 Å². The third-order valence-electron chi connectivity index (χ3n) is 3.59. The minimum absolute atomic E-state index is 0.0269. The van der Waals surface area contributed by atoms with Crippen LogP contribution in [0.2, 0.25) is 0 Å². The fourth-order valence-electron chi connectivity index (χ4n) is 2.48. The molecular formula is C13H19N3O3S. The first-order chi connectivity index (χ1) is 9.49. The Labute approximate surface area is 122 Å². The van der Waals surface area contributed by atoms with Crippen LogP contribution in [0.4, 0.5) is 4.79 Å². The Kier molecular flexibility index (Phi) is 4.59. The topological polar surface area (TPSA) is 73.7 Å². The van der Waals surface area contributed by atoms with E-state index in [0.717, 1.165) is 23.4 Å². The van der Waals surface area contributed by atoms with E-state index in [1.165, 1.54) is 11.3 Å². The number of carbonyl (C=O) groups is 2. The summed E-state index contributed by atoms with van der Waals surface area (Å²) >= 11 is 1.53. The number of hydrogen-bond acceptors (Lipinski definition) is 4. The van der Waals surface area contributed by atoms with Gasteiger partial charge in [0.05, 0.1) is 24.2 Å². The van der Waals surface area contributed by atoms with Gasteiger partial charge in [-0.15, -0.1) is 11.3 Å². The Hall–Kier alpha value is -1.63. The van der Waals surface area contributed by atoms with Crippen molar-refractivity contribution < 1.29 is 14.7 Å². The van der Waals surface area contributed by atoms with Crippen molar-refractivity contribution in [1.82, 2.24) is 14.8 Å². The number of aryl methyl sites for hydroxylation is 1. The molecule has 0 aliphatic carbocycles. The van der Waals surface area contributed by atoms with E-state index in [-0.39, 0.29) is 18.5 Å². The lowest BCUT2D eigenvalue weighted by Gasteiger charge is -2.28. The number of hydrogen-bond donors (Lipinski definition) is 1. The quantitative estimate of drug-likeness (QED) is 0.921. The molecule has 1 aromatic rings. The zero-order valence-electron chi connectivity index (χ0n) is 11.7. The number of carbonyl (C=O) groups excluding carboxylic acids is 1. The van der Waals surface area contributed by atoms with Crippen molar-refractivity contribution in [3.63, 3.8) is 0 Å². The monoisotopic (exact) mass is 297 g/mol. The molecular weight excluding hydrogens is 278 g/mol. The van der Waals surface area contributed by atoms with Gasteiger partial charge >= 0.3 is 12.0 Å². The van der Waals surface area contributed by atoms with E-state index >= 15 is 0 Å². The summed E-state index contributed by atoms with van der Waals surface area (Å²) in [6.45, 7) is 3.08. The number of urea groups is 1. The van der Waals surface area contributed by atoms with Crippen LogP contribution in [-0.4, -0.2) is 51.5 Å². The van der Waals surface area contributed by atoms with Crippen molar-refractivity contribution in [2.45, 2.75) is 38.8 Å².